The van der Waals surface area contributed by atoms with Gasteiger partial charge in [-0.25, -0.2) is 0 Å². The van der Waals surface area contributed by atoms with Gasteiger partial charge in [0.15, 0.2) is 5.69 Å². The van der Waals surface area contributed by atoms with E-state index in [0.717, 1.165) is 0 Å². The number of H-pyrrole nitrogens is 1. The van der Waals surface area contributed by atoms with Crippen molar-refractivity contribution in [2.45, 2.75) is 58.9 Å². The van der Waals surface area contributed by atoms with Crippen LogP contribution in [0, 0.1) is 6.92 Å². The van der Waals surface area contributed by atoms with E-state index in [1.165, 1.54) is 19.9 Å². The molecule has 1 amide bonds. The maximum absolute atomic E-state index is 13.2. The number of aryl methyl sites for hydroxylation is 1. The average molecular weight is 373 g/mol. The number of alkyl halides is 3. The summed E-state index contributed by atoms with van der Waals surface area (Å²) in [7, 11) is -0.887. The Morgan fingerprint density at radius 3 is 2.27 bits per heavy atom. The molecule has 0 spiro atoms. The van der Waals surface area contributed by atoms with E-state index in [2.05, 4.69) is 15.5 Å². The third-order valence-electron chi connectivity index (χ3n) is 4.69. The maximum atomic E-state index is 13.2. The maximum Gasteiger partial charge on any atom is 0.492 e. The number of aromatic nitrogens is 2. The first kappa shape index (κ1) is 20.5. The van der Waals surface area contributed by atoms with Crippen LogP contribution in [0.15, 0.2) is 5.47 Å². The number of rotatable bonds is 4. The van der Waals surface area contributed by atoms with Crippen LogP contribution in [0.3, 0.4) is 0 Å². The first-order valence-electron chi connectivity index (χ1n) is 8.17. The zero-order chi connectivity index (χ0) is 19.9. The lowest BCUT2D eigenvalue weighted by atomic mass is 9.76. The Morgan fingerprint density at radius 1 is 1.27 bits per heavy atom. The van der Waals surface area contributed by atoms with Crippen molar-refractivity contribution in [1.82, 2.24) is 15.5 Å². The minimum absolute atomic E-state index is 0.00588. The van der Waals surface area contributed by atoms with Gasteiger partial charge in [-0.15, -0.1) is 0 Å². The van der Waals surface area contributed by atoms with Crippen LogP contribution < -0.4 is 5.32 Å². The van der Waals surface area contributed by atoms with E-state index < -0.39 is 30.2 Å². The van der Waals surface area contributed by atoms with Crippen LogP contribution in [-0.2, 0) is 20.3 Å². The van der Waals surface area contributed by atoms with Crippen LogP contribution in [0.4, 0.5) is 13.2 Å². The first-order valence-corrected chi connectivity index (χ1v) is 8.17. The van der Waals surface area contributed by atoms with Gasteiger partial charge in [0, 0.05) is 24.7 Å². The van der Waals surface area contributed by atoms with Crippen LogP contribution >= 0.6 is 0 Å². The molecule has 2 rings (SSSR count). The van der Waals surface area contributed by atoms with E-state index in [-0.39, 0.29) is 23.7 Å². The number of carbonyl (C=O) groups excluding carboxylic acids is 1. The number of nitrogens with zero attached hydrogens (tertiary/aromatic N) is 1. The molecule has 144 valence electrons. The number of nitrogens with one attached hydrogen (secondary N) is 2. The fraction of sp³-hybridized carbons (Fsp3) is 0.625. The summed E-state index contributed by atoms with van der Waals surface area (Å²) in [4.78, 5) is 11.3. The van der Waals surface area contributed by atoms with Crippen LogP contribution in [0.25, 0.3) is 6.08 Å². The minimum atomic E-state index is -4.61. The van der Waals surface area contributed by atoms with Crippen molar-refractivity contribution in [2.75, 3.05) is 6.54 Å². The summed E-state index contributed by atoms with van der Waals surface area (Å²) >= 11 is 0. The minimum Gasteiger partial charge on any atom is -0.400 e. The predicted octanol–water partition coefficient (Wildman–Crippen LogP) is 2.89. The number of aromatic amines is 1. The number of carbonyl (C=O) groups is 1. The third kappa shape index (κ3) is 4.12. The van der Waals surface area contributed by atoms with E-state index in [1.807, 2.05) is 27.7 Å². The van der Waals surface area contributed by atoms with Gasteiger partial charge in [0.1, 0.15) is 0 Å². The number of amides is 1. The molecule has 1 aliphatic rings. The van der Waals surface area contributed by atoms with Crippen LogP contribution in [0.1, 0.15) is 51.6 Å². The molecule has 1 aromatic rings. The topological polar surface area (TPSA) is 76.2 Å². The highest BCUT2D eigenvalue weighted by Gasteiger charge is 2.52. The SMILES string of the molecule is CC(=O)NCC(=Cc1c(C(F)(F)F)n[nH]c1C)B1OC(C)(C)C(C)(C)O1. The molecule has 0 bridgehead atoms. The molecule has 6 nitrogen and oxygen atoms in total. The first-order chi connectivity index (χ1) is 11.7. The third-order valence-corrected chi connectivity index (χ3v) is 4.69. The van der Waals surface area contributed by atoms with Gasteiger partial charge in [0.25, 0.3) is 0 Å². The van der Waals surface area contributed by atoms with Gasteiger partial charge >= 0.3 is 13.3 Å². The molecule has 26 heavy (non-hydrogen) atoms. The molecule has 0 aliphatic carbocycles. The molecule has 0 saturated carbocycles. The second kappa shape index (κ2) is 6.73. The Hall–Kier alpha value is -1.81. The second-order valence-electron chi connectivity index (χ2n) is 7.33. The molecular weight excluding hydrogens is 350 g/mol. The molecule has 0 radical (unpaired) electrons. The van der Waals surface area contributed by atoms with E-state index in [4.69, 9.17) is 9.31 Å². The Balaban J connectivity index is 2.46. The summed E-state index contributed by atoms with van der Waals surface area (Å²) in [5.74, 6) is -0.313. The standard InChI is InChI=1S/C16H23BF3N3O3/c1-9-12(13(23-22-9)16(18,19)20)7-11(8-21-10(2)24)17-25-14(3,4)15(5,6)26-17/h7H,8H2,1-6H3,(H,21,24)(H,22,23). The van der Waals surface area contributed by atoms with Crippen molar-refractivity contribution in [2.24, 2.45) is 0 Å². The highest BCUT2D eigenvalue weighted by molar-refractivity contribution is 6.56. The summed E-state index contributed by atoms with van der Waals surface area (Å²) in [5, 5.41) is 8.30. The van der Waals surface area contributed by atoms with Gasteiger partial charge in [0.2, 0.25) is 5.91 Å². The van der Waals surface area contributed by atoms with E-state index in [0.29, 0.717) is 5.47 Å². The van der Waals surface area contributed by atoms with Crippen molar-refractivity contribution < 1.29 is 27.3 Å². The highest BCUT2D eigenvalue weighted by atomic mass is 19.4. The lowest BCUT2D eigenvalue weighted by Gasteiger charge is -2.32. The van der Waals surface area contributed by atoms with Crippen LogP contribution in [0.5, 0.6) is 0 Å². The molecule has 0 atom stereocenters. The van der Waals surface area contributed by atoms with E-state index >= 15 is 0 Å². The molecule has 1 aromatic heterocycles. The Kier molecular flexibility index (Phi) is 5.31. The van der Waals surface area contributed by atoms with Crippen molar-refractivity contribution in [3.05, 3.63) is 22.4 Å². The van der Waals surface area contributed by atoms with Gasteiger partial charge < -0.3 is 14.6 Å². The molecule has 2 heterocycles. The number of hydrogen-bond donors (Lipinski definition) is 2. The van der Waals surface area contributed by atoms with Crippen molar-refractivity contribution in [3.8, 4) is 0 Å². The molecule has 0 aromatic carbocycles. The zero-order valence-corrected chi connectivity index (χ0v) is 15.7. The number of hydrogen-bond acceptors (Lipinski definition) is 4. The summed E-state index contributed by atoms with van der Waals surface area (Å²) in [6, 6.07) is 0. The molecule has 1 saturated heterocycles. The van der Waals surface area contributed by atoms with Crippen molar-refractivity contribution >= 4 is 19.1 Å². The molecule has 0 unspecified atom stereocenters. The number of halogens is 3. The normalized spacial score (nSPS) is 19.7. The summed E-state index contributed by atoms with van der Waals surface area (Å²) in [5.41, 5.74) is -1.82. The highest BCUT2D eigenvalue weighted by Crippen LogP contribution is 2.39. The monoisotopic (exact) mass is 373 g/mol. The summed E-state index contributed by atoms with van der Waals surface area (Å²) in [6.07, 6.45) is -3.29. The van der Waals surface area contributed by atoms with Gasteiger partial charge in [-0.05, 0) is 40.1 Å². The molecule has 2 N–H and O–H groups in total. The fourth-order valence-corrected chi connectivity index (χ4v) is 2.44. The Bertz CT molecular complexity index is 710. The van der Waals surface area contributed by atoms with Gasteiger partial charge in [0.05, 0.1) is 11.2 Å². The van der Waals surface area contributed by atoms with Gasteiger partial charge in [-0.3, -0.25) is 9.89 Å². The summed E-state index contributed by atoms with van der Waals surface area (Å²) in [6.45, 7) is 10.2. The predicted molar refractivity (Wildman–Crippen MR) is 91.1 cm³/mol. The molecule has 1 aliphatic heterocycles. The molecular formula is C16H23BF3N3O3. The van der Waals surface area contributed by atoms with E-state index in [9.17, 15) is 18.0 Å². The quantitative estimate of drug-likeness (QED) is 0.796. The Morgan fingerprint density at radius 2 is 1.81 bits per heavy atom. The molecule has 10 heteroatoms. The van der Waals surface area contributed by atoms with Crippen LogP contribution in [-0.4, -0.2) is 41.0 Å². The zero-order valence-electron chi connectivity index (χ0n) is 15.7. The van der Waals surface area contributed by atoms with E-state index in [1.54, 1.807) is 0 Å². The van der Waals surface area contributed by atoms with Gasteiger partial charge in [-0.1, -0.05) is 6.08 Å². The smallest absolute Gasteiger partial charge is 0.400 e. The fourth-order valence-electron chi connectivity index (χ4n) is 2.44. The Labute approximate surface area is 150 Å². The molecule has 1 fully saturated rings. The lowest BCUT2D eigenvalue weighted by molar-refractivity contribution is -0.141. The van der Waals surface area contributed by atoms with Crippen molar-refractivity contribution in [3.63, 3.8) is 0 Å². The second-order valence-corrected chi connectivity index (χ2v) is 7.33. The van der Waals surface area contributed by atoms with Gasteiger partial charge in [-0.2, -0.15) is 18.3 Å². The summed E-state index contributed by atoms with van der Waals surface area (Å²) < 4.78 is 51.5. The average Bonchev–Trinajstić information content (AvgIpc) is 2.91. The largest absolute Gasteiger partial charge is 0.492 e. The van der Waals surface area contributed by atoms with Crippen molar-refractivity contribution in [1.29, 1.82) is 0 Å². The van der Waals surface area contributed by atoms with Crippen LogP contribution in [0.2, 0.25) is 0 Å². The lowest BCUT2D eigenvalue weighted by Crippen LogP contribution is -2.41.